The van der Waals surface area contributed by atoms with Crippen molar-refractivity contribution in [2.45, 2.75) is 19.4 Å². The van der Waals surface area contributed by atoms with Crippen LogP contribution in [0.25, 0.3) is 11.3 Å². The maximum absolute atomic E-state index is 12.3. The van der Waals surface area contributed by atoms with Crippen LogP contribution in [0.2, 0.25) is 0 Å². The van der Waals surface area contributed by atoms with Crippen molar-refractivity contribution in [2.75, 3.05) is 14.2 Å². The topological polar surface area (TPSA) is 73.3 Å². The third-order valence-corrected chi connectivity index (χ3v) is 4.41. The average molecular weight is 377 g/mol. The molecule has 0 fully saturated rings. The summed E-state index contributed by atoms with van der Waals surface area (Å²) < 4.78 is 10.6. The van der Waals surface area contributed by atoms with Gasteiger partial charge in [-0.3, -0.25) is 14.8 Å². The second-order valence-corrected chi connectivity index (χ2v) is 6.24. The quantitative estimate of drug-likeness (QED) is 0.651. The summed E-state index contributed by atoms with van der Waals surface area (Å²) in [5.41, 5.74) is 3.83. The van der Waals surface area contributed by atoms with Gasteiger partial charge in [0.2, 0.25) is 5.91 Å². The number of benzene rings is 1. The number of nitrogens with zero attached hydrogens (tertiary/aromatic N) is 2. The molecule has 0 spiro atoms. The van der Waals surface area contributed by atoms with Gasteiger partial charge in [0.05, 0.1) is 19.9 Å². The molecular weight excluding hydrogens is 354 g/mol. The summed E-state index contributed by atoms with van der Waals surface area (Å²) >= 11 is 0. The molecule has 2 heterocycles. The van der Waals surface area contributed by atoms with E-state index < -0.39 is 0 Å². The zero-order valence-electron chi connectivity index (χ0n) is 16.0. The zero-order valence-corrected chi connectivity index (χ0v) is 16.0. The summed E-state index contributed by atoms with van der Waals surface area (Å²) in [6, 6.07) is 13.3. The van der Waals surface area contributed by atoms with Gasteiger partial charge in [0.15, 0.2) is 0 Å². The van der Waals surface area contributed by atoms with Gasteiger partial charge < -0.3 is 14.8 Å². The van der Waals surface area contributed by atoms with Gasteiger partial charge in [-0.1, -0.05) is 6.07 Å². The molecular formula is C22H23N3O3. The van der Waals surface area contributed by atoms with Crippen LogP contribution in [0.3, 0.4) is 0 Å². The molecule has 3 rings (SSSR count). The molecule has 0 bridgehead atoms. The van der Waals surface area contributed by atoms with Crippen molar-refractivity contribution in [3.63, 3.8) is 0 Å². The molecule has 2 aromatic heterocycles. The fraction of sp³-hybridized carbons (Fsp3) is 0.227. The molecule has 1 aromatic carbocycles. The van der Waals surface area contributed by atoms with Crippen LogP contribution in [0.5, 0.6) is 11.5 Å². The summed E-state index contributed by atoms with van der Waals surface area (Å²) in [7, 11) is 3.23. The molecule has 6 heteroatoms. The molecule has 0 radical (unpaired) electrons. The van der Waals surface area contributed by atoms with E-state index in [0.717, 1.165) is 33.9 Å². The van der Waals surface area contributed by atoms with Crippen molar-refractivity contribution in [2.24, 2.45) is 0 Å². The van der Waals surface area contributed by atoms with E-state index in [9.17, 15) is 4.79 Å². The highest BCUT2D eigenvalue weighted by Crippen LogP contribution is 2.25. The fourth-order valence-electron chi connectivity index (χ4n) is 2.86. The van der Waals surface area contributed by atoms with Gasteiger partial charge in [-0.2, -0.15) is 0 Å². The molecule has 0 saturated heterocycles. The van der Waals surface area contributed by atoms with Crippen molar-refractivity contribution in [3.05, 3.63) is 72.2 Å². The lowest BCUT2D eigenvalue weighted by atomic mass is 10.1. The van der Waals surface area contributed by atoms with Crippen LogP contribution < -0.4 is 14.8 Å². The van der Waals surface area contributed by atoms with Gasteiger partial charge in [-0.25, -0.2) is 0 Å². The minimum absolute atomic E-state index is 0.0138. The van der Waals surface area contributed by atoms with E-state index >= 15 is 0 Å². The Balaban J connectivity index is 1.55. The van der Waals surface area contributed by atoms with Crippen LogP contribution in [0.15, 0.2) is 61.1 Å². The SMILES string of the molecule is COc1ccc(CCC(=O)NCc2ccnc(-c3ccncc3)c2)c(OC)c1. The highest BCUT2D eigenvalue weighted by atomic mass is 16.5. The monoisotopic (exact) mass is 377 g/mol. The smallest absolute Gasteiger partial charge is 0.220 e. The summed E-state index contributed by atoms with van der Waals surface area (Å²) in [5, 5.41) is 2.96. The third-order valence-electron chi connectivity index (χ3n) is 4.41. The van der Waals surface area contributed by atoms with Gasteiger partial charge in [0, 0.05) is 43.2 Å². The third kappa shape index (κ3) is 5.07. The molecule has 1 N–H and O–H groups in total. The van der Waals surface area contributed by atoms with E-state index in [2.05, 4.69) is 15.3 Å². The van der Waals surface area contributed by atoms with Gasteiger partial charge in [0.25, 0.3) is 0 Å². The largest absolute Gasteiger partial charge is 0.497 e. The molecule has 0 aliphatic heterocycles. The average Bonchev–Trinajstić information content (AvgIpc) is 2.77. The van der Waals surface area contributed by atoms with E-state index in [1.54, 1.807) is 32.8 Å². The number of methoxy groups -OCH3 is 2. The molecule has 0 saturated carbocycles. The van der Waals surface area contributed by atoms with Crippen LogP contribution in [-0.2, 0) is 17.8 Å². The lowest BCUT2D eigenvalue weighted by Gasteiger charge is -2.11. The van der Waals surface area contributed by atoms with E-state index in [1.165, 1.54) is 0 Å². The van der Waals surface area contributed by atoms with Crippen LogP contribution in [-0.4, -0.2) is 30.1 Å². The lowest BCUT2D eigenvalue weighted by molar-refractivity contribution is -0.121. The first-order chi connectivity index (χ1) is 13.7. The molecule has 0 aliphatic carbocycles. The zero-order chi connectivity index (χ0) is 19.8. The Kier molecular flexibility index (Phi) is 6.57. The second kappa shape index (κ2) is 9.50. The number of hydrogen-bond donors (Lipinski definition) is 1. The summed E-state index contributed by atoms with van der Waals surface area (Å²) in [6.07, 6.45) is 6.19. The van der Waals surface area contributed by atoms with Crippen LogP contribution in [0.4, 0.5) is 0 Å². The molecule has 28 heavy (non-hydrogen) atoms. The summed E-state index contributed by atoms with van der Waals surface area (Å²) in [5.74, 6) is 1.44. The highest BCUT2D eigenvalue weighted by Gasteiger charge is 2.09. The normalized spacial score (nSPS) is 10.4. The first kappa shape index (κ1) is 19.4. The summed E-state index contributed by atoms with van der Waals surface area (Å²) in [6.45, 7) is 0.458. The fourth-order valence-corrected chi connectivity index (χ4v) is 2.86. The minimum atomic E-state index is -0.0138. The molecule has 0 atom stereocenters. The Morgan fingerprint density at radius 2 is 1.82 bits per heavy atom. The van der Waals surface area contributed by atoms with Crippen molar-refractivity contribution in [3.8, 4) is 22.8 Å². The molecule has 144 valence electrons. The second-order valence-electron chi connectivity index (χ2n) is 6.24. The van der Waals surface area contributed by atoms with Gasteiger partial charge >= 0.3 is 0 Å². The predicted octanol–water partition coefficient (Wildman–Crippen LogP) is 3.41. The maximum atomic E-state index is 12.3. The van der Waals surface area contributed by atoms with Gasteiger partial charge in [-0.15, -0.1) is 0 Å². The van der Waals surface area contributed by atoms with Crippen molar-refractivity contribution < 1.29 is 14.3 Å². The number of hydrogen-bond acceptors (Lipinski definition) is 5. The Bertz CT molecular complexity index is 929. The molecule has 0 aliphatic rings. The number of carbonyl (C=O) groups excluding carboxylic acids is 1. The Morgan fingerprint density at radius 1 is 1.00 bits per heavy atom. The maximum Gasteiger partial charge on any atom is 0.220 e. The molecule has 3 aromatic rings. The molecule has 0 unspecified atom stereocenters. The van der Waals surface area contributed by atoms with Crippen LogP contribution >= 0.6 is 0 Å². The number of carbonyl (C=O) groups is 1. The number of ether oxygens (including phenoxy) is 2. The first-order valence-corrected chi connectivity index (χ1v) is 9.02. The van der Waals surface area contributed by atoms with E-state index in [0.29, 0.717) is 19.4 Å². The van der Waals surface area contributed by atoms with Crippen LogP contribution in [0.1, 0.15) is 17.5 Å². The molecule has 1 amide bonds. The molecule has 6 nitrogen and oxygen atoms in total. The van der Waals surface area contributed by atoms with E-state index in [-0.39, 0.29) is 5.91 Å². The van der Waals surface area contributed by atoms with Gasteiger partial charge in [-0.05, 0) is 47.9 Å². The number of nitrogens with one attached hydrogen (secondary N) is 1. The van der Waals surface area contributed by atoms with E-state index in [4.69, 9.17) is 9.47 Å². The van der Waals surface area contributed by atoms with E-state index in [1.807, 2.05) is 42.5 Å². The Hall–Kier alpha value is -3.41. The predicted molar refractivity (Wildman–Crippen MR) is 107 cm³/mol. The number of amides is 1. The summed E-state index contributed by atoms with van der Waals surface area (Å²) in [4.78, 5) is 20.7. The number of aryl methyl sites for hydroxylation is 1. The first-order valence-electron chi connectivity index (χ1n) is 9.02. The van der Waals surface area contributed by atoms with Crippen molar-refractivity contribution >= 4 is 5.91 Å². The van der Waals surface area contributed by atoms with Crippen molar-refractivity contribution in [1.29, 1.82) is 0 Å². The highest BCUT2D eigenvalue weighted by molar-refractivity contribution is 5.76. The minimum Gasteiger partial charge on any atom is -0.497 e. The van der Waals surface area contributed by atoms with Crippen molar-refractivity contribution in [1.82, 2.24) is 15.3 Å². The van der Waals surface area contributed by atoms with Crippen LogP contribution in [0, 0.1) is 0 Å². The Labute approximate surface area is 164 Å². The standard InChI is InChI=1S/C22H23N3O3/c1-27-19-5-3-18(21(14-19)28-2)4-6-22(26)25-15-16-7-12-24-20(13-16)17-8-10-23-11-9-17/h3,5,7-14H,4,6,15H2,1-2H3,(H,25,26). The Morgan fingerprint density at radius 3 is 2.57 bits per heavy atom. The number of rotatable bonds is 8. The number of pyridine rings is 2. The van der Waals surface area contributed by atoms with Gasteiger partial charge in [0.1, 0.15) is 11.5 Å². The number of aromatic nitrogens is 2. The lowest BCUT2D eigenvalue weighted by Crippen LogP contribution is -2.23.